The van der Waals surface area contributed by atoms with E-state index in [1.165, 1.54) is 0 Å². The van der Waals surface area contributed by atoms with Gasteiger partial charge in [-0.2, -0.15) is 0 Å². The summed E-state index contributed by atoms with van der Waals surface area (Å²) >= 11 is 0.922. The zero-order valence-electron chi connectivity index (χ0n) is 14.5. The molecule has 1 aromatic heterocycles. The number of thioether (sulfide) groups is 1. The van der Waals surface area contributed by atoms with Crippen molar-refractivity contribution in [2.24, 2.45) is 5.92 Å². The predicted octanol–water partition coefficient (Wildman–Crippen LogP) is 1.47. The lowest BCUT2D eigenvalue weighted by molar-refractivity contribution is -0.125. The maximum absolute atomic E-state index is 13.5. The van der Waals surface area contributed by atoms with Gasteiger partial charge in [0.25, 0.3) is 5.22 Å². The van der Waals surface area contributed by atoms with Crippen LogP contribution in [0.25, 0.3) is 0 Å². The lowest BCUT2D eigenvalue weighted by Crippen LogP contribution is -2.57. The third-order valence-electron chi connectivity index (χ3n) is 3.91. The van der Waals surface area contributed by atoms with Crippen molar-refractivity contribution in [3.63, 3.8) is 0 Å². The molecule has 9 nitrogen and oxygen atoms in total. The second kappa shape index (κ2) is 8.33. The van der Waals surface area contributed by atoms with Crippen molar-refractivity contribution in [1.29, 1.82) is 0 Å². The number of halogens is 2. The summed E-state index contributed by atoms with van der Waals surface area (Å²) in [4.78, 5) is 35.0. The zero-order valence-corrected chi connectivity index (χ0v) is 15.3. The summed E-state index contributed by atoms with van der Waals surface area (Å²) in [6.45, 7) is 1.69. The van der Waals surface area contributed by atoms with Gasteiger partial charge in [0.2, 0.25) is 17.7 Å². The number of aromatic nitrogens is 2. The highest BCUT2D eigenvalue weighted by atomic mass is 32.2. The van der Waals surface area contributed by atoms with Crippen LogP contribution in [0.1, 0.15) is 12.8 Å². The molecule has 2 heterocycles. The van der Waals surface area contributed by atoms with Crippen molar-refractivity contribution >= 4 is 35.3 Å². The Labute approximate surface area is 161 Å². The number of benzene rings is 1. The average Bonchev–Trinajstić information content (AvgIpc) is 3.06. The molecule has 1 aliphatic heterocycles. The maximum atomic E-state index is 13.5. The first kappa shape index (κ1) is 19.7. The minimum absolute atomic E-state index is 0.0950. The van der Waals surface area contributed by atoms with Crippen LogP contribution in [0, 0.1) is 17.6 Å². The summed E-state index contributed by atoms with van der Waals surface area (Å²) < 4.78 is 31.8. The summed E-state index contributed by atoms with van der Waals surface area (Å²) in [5, 5.41) is 14.8. The van der Waals surface area contributed by atoms with E-state index in [-0.39, 0.29) is 29.0 Å². The molecular weight excluding hydrogens is 396 g/mol. The molecule has 0 radical (unpaired) electrons. The number of hydrogen-bond donors (Lipinski definition) is 3. The number of amides is 4. The van der Waals surface area contributed by atoms with E-state index in [1.807, 2.05) is 0 Å². The number of urea groups is 1. The number of nitrogens with zero attached hydrogens (tertiary/aromatic N) is 2. The van der Waals surface area contributed by atoms with Crippen LogP contribution in [0.2, 0.25) is 0 Å². The second-order valence-corrected chi connectivity index (χ2v) is 6.91. The van der Waals surface area contributed by atoms with Crippen molar-refractivity contribution in [2.75, 3.05) is 11.1 Å². The van der Waals surface area contributed by atoms with Crippen LogP contribution >= 0.6 is 11.8 Å². The van der Waals surface area contributed by atoms with Gasteiger partial charge in [0.15, 0.2) is 0 Å². The standard InChI is InChI=1S/C16H15F2N5O4S/c1-7-9(14(25)21-15(26)19-7)5-13-22-23-16(27-13)28-6-12(24)20-11-3-2-8(17)4-10(11)18/h2-4,7,9H,5-6H2,1H3,(H,20,24)(H2,19,21,25,26). The quantitative estimate of drug-likeness (QED) is 0.615. The molecule has 1 aliphatic rings. The van der Waals surface area contributed by atoms with Gasteiger partial charge in [-0.25, -0.2) is 13.6 Å². The summed E-state index contributed by atoms with van der Waals surface area (Å²) in [5.41, 5.74) is -0.141. The Morgan fingerprint density at radius 3 is 2.82 bits per heavy atom. The molecule has 4 amide bonds. The number of imide groups is 1. The SMILES string of the molecule is CC1NC(=O)NC(=O)C1Cc1nnc(SCC(=O)Nc2ccc(F)cc2F)o1. The first-order chi connectivity index (χ1) is 13.3. The van der Waals surface area contributed by atoms with Crippen LogP contribution in [0.15, 0.2) is 27.8 Å². The highest BCUT2D eigenvalue weighted by Crippen LogP contribution is 2.21. The average molecular weight is 411 g/mol. The van der Waals surface area contributed by atoms with Gasteiger partial charge in [-0.1, -0.05) is 11.8 Å². The normalized spacial score (nSPS) is 19.1. The number of carbonyl (C=O) groups is 3. The molecule has 28 heavy (non-hydrogen) atoms. The van der Waals surface area contributed by atoms with Crippen molar-refractivity contribution in [2.45, 2.75) is 24.6 Å². The van der Waals surface area contributed by atoms with Crippen LogP contribution in [0.4, 0.5) is 19.3 Å². The van der Waals surface area contributed by atoms with E-state index in [1.54, 1.807) is 6.92 Å². The van der Waals surface area contributed by atoms with Crippen molar-refractivity contribution < 1.29 is 27.6 Å². The molecule has 0 bridgehead atoms. The molecule has 2 atom stereocenters. The largest absolute Gasteiger partial charge is 0.416 e. The minimum atomic E-state index is -0.884. The monoisotopic (exact) mass is 411 g/mol. The van der Waals surface area contributed by atoms with Crippen molar-refractivity contribution in [3.05, 3.63) is 35.7 Å². The van der Waals surface area contributed by atoms with Crippen LogP contribution < -0.4 is 16.0 Å². The fraction of sp³-hybridized carbons (Fsp3) is 0.312. The van der Waals surface area contributed by atoms with E-state index in [4.69, 9.17) is 4.42 Å². The summed E-state index contributed by atoms with van der Waals surface area (Å²) in [6.07, 6.45) is 0.119. The first-order valence-corrected chi connectivity index (χ1v) is 9.12. The minimum Gasteiger partial charge on any atom is -0.416 e. The topological polar surface area (TPSA) is 126 Å². The fourth-order valence-corrected chi connectivity index (χ4v) is 3.10. The number of carbonyl (C=O) groups excluding carboxylic acids is 3. The summed E-state index contributed by atoms with van der Waals surface area (Å²) in [7, 11) is 0. The highest BCUT2D eigenvalue weighted by molar-refractivity contribution is 7.99. The molecule has 12 heteroatoms. The van der Waals surface area contributed by atoms with Gasteiger partial charge < -0.3 is 15.1 Å². The highest BCUT2D eigenvalue weighted by Gasteiger charge is 2.34. The van der Waals surface area contributed by atoms with Gasteiger partial charge in [-0.15, -0.1) is 10.2 Å². The van der Waals surface area contributed by atoms with E-state index in [0.29, 0.717) is 6.07 Å². The van der Waals surface area contributed by atoms with Gasteiger partial charge in [0, 0.05) is 18.5 Å². The predicted molar refractivity (Wildman–Crippen MR) is 93.3 cm³/mol. The Morgan fingerprint density at radius 1 is 1.32 bits per heavy atom. The molecule has 3 N–H and O–H groups in total. The number of hydrogen-bond acceptors (Lipinski definition) is 7. The third kappa shape index (κ3) is 4.82. The maximum Gasteiger partial charge on any atom is 0.321 e. The van der Waals surface area contributed by atoms with E-state index in [0.717, 1.165) is 23.9 Å². The molecular formula is C16H15F2N5O4S. The first-order valence-electron chi connectivity index (χ1n) is 8.13. The number of nitrogens with one attached hydrogen (secondary N) is 3. The molecule has 0 spiro atoms. The number of rotatable bonds is 6. The Bertz CT molecular complexity index is 922. The Morgan fingerprint density at radius 2 is 2.11 bits per heavy atom. The van der Waals surface area contributed by atoms with E-state index in [2.05, 4.69) is 26.1 Å². The molecule has 1 saturated heterocycles. The van der Waals surface area contributed by atoms with Crippen LogP contribution in [-0.4, -0.2) is 39.8 Å². The molecule has 148 valence electrons. The Hall–Kier alpha value is -3.02. The van der Waals surface area contributed by atoms with Crippen molar-refractivity contribution in [1.82, 2.24) is 20.8 Å². The fourth-order valence-electron chi connectivity index (χ4n) is 2.52. The summed E-state index contributed by atoms with van der Waals surface area (Å²) in [5.74, 6) is -3.15. The van der Waals surface area contributed by atoms with E-state index >= 15 is 0 Å². The second-order valence-electron chi connectivity index (χ2n) is 5.98. The Balaban J connectivity index is 1.52. The number of anilines is 1. The molecule has 2 aromatic rings. The summed E-state index contributed by atoms with van der Waals surface area (Å²) in [6, 6.07) is 1.85. The smallest absolute Gasteiger partial charge is 0.321 e. The van der Waals surface area contributed by atoms with E-state index < -0.39 is 41.4 Å². The zero-order chi connectivity index (χ0) is 20.3. The van der Waals surface area contributed by atoms with Crippen molar-refractivity contribution in [3.8, 4) is 0 Å². The van der Waals surface area contributed by atoms with Gasteiger partial charge in [0.1, 0.15) is 11.6 Å². The molecule has 3 rings (SSSR count). The van der Waals surface area contributed by atoms with Crippen LogP contribution in [0.5, 0.6) is 0 Å². The molecule has 0 saturated carbocycles. The lowest BCUT2D eigenvalue weighted by Gasteiger charge is -2.27. The van der Waals surface area contributed by atoms with E-state index in [9.17, 15) is 23.2 Å². The molecule has 1 aromatic carbocycles. The van der Waals surface area contributed by atoms with Gasteiger partial charge >= 0.3 is 6.03 Å². The van der Waals surface area contributed by atoms with Crippen LogP contribution in [0.3, 0.4) is 0 Å². The molecule has 1 fully saturated rings. The third-order valence-corrected chi connectivity index (χ3v) is 4.73. The van der Waals surface area contributed by atoms with Gasteiger partial charge in [-0.3, -0.25) is 14.9 Å². The molecule has 0 aliphatic carbocycles. The van der Waals surface area contributed by atoms with Gasteiger partial charge in [-0.05, 0) is 19.1 Å². The van der Waals surface area contributed by atoms with Crippen LogP contribution in [-0.2, 0) is 16.0 Å². The van der Waals surface area contributed by atoms with Gasteiger partial charge in [0.05, 0.1) is 17.4 Å². The lowest BCUT2D eigenvalue weighted by atomic mass is 9.95. The molecule has 2 unspecified atom stereocenters. The Kier molecular flexibility index (Phi) is 5.87.